The zero-order valence-corrected chi connectivity index (χ0v) is 9.99. The van der Waals surface area contributed by atoms with Gasteiger partial charge in [-0.3, -0.25) is 0 Å². The lowest BCUT2D eigenvalue weighted by Crippen LogP contribution is -2.18. The van der Waals surface area contributed by atoms with Gasteiger partial charge in [-0.25, -0.2) is 4.39 Å². The molecule has 0 saturated heterocycles. The van der Waals surface area contributed by atoms with Crippen molar-refractivity contribution in [1.29, 1.82) is 15.8 Å². The van der Waals surface area contributed by atoms with Crippen LogP contribution in [0.15, 0.2) is 29.5 Å². The number of nitrogens with zero attached hydrogens (tertiary/aromatic N) is 3. The topological polar surface area (TPSA) is 92.6 Å². The lowest BCUT2D eigenvalue weighted by Gasteiger charge is -2.14. The predicted molar refractivity (Wildman–Crippen MR) is 60.6 cm³/mol. The third-order valence-corrected chi connectivity index (χ3v) is 2.01. The number of rotatable bonds is 3. The zero-order chi connectivity index (χ0) is 16.0. The van der Waals surface area contributed by atoms with E-state index in [9.17, 15) is 17.6 Å². The molecule has 0 fully saturated rings. The van der Waals surface area contributed by atoms with Gasteiger partial charge in [0.2, 0.25) is 0 Å². The van der Waals surface area contributed by atoms with E-state index in [0.717, 1.165) is 6.07 Å². The number of ether oxygens (including phenoxy) is 1. The largest absolute Gasteiger partial charge is 0.573 e. The predicted octanol–water partition coefficient (Wildman–Crippen LogP) is 2.96. The van der Waals surface area contributed by atoms with E-state index < -0.39 is 34.9 Å². The first-order valence-electron chi connectivity index (χ1n) is 5.07. The maximum absolute atomic E-state index is 13.1. The van der Waals surface area contributed by atoms with Crippen LogP contribution in [0.4, 0.5) is 23.2 Å². The maximum atomic E-state index is 13.1. The number of alkyl halides is 3. The van der Waals surface area contributed by atoms with Gasteiger partial charge in [0.15, 0.2) is 11.3 Å². The Bertz CT molecular complexity index is 688. The van der Waals surface area contributed by atoms with Gasteiger partial charge in [0.1, 0.15) is 29.7 Å². The number of anilines is 1. The Morgan fingerprint density at radius 1 is 1.10 bits per heavy atom. The third-order valence-electron chi connectivity index (χ3n) is 2.01. The molecule has 0 saturated carbocycles. The molecule has 21 heavy (non-hydrogen) atoms. The smallest absolute Gasteiger partial charge is 0.404 e. The number of nitriles is 3. The molecule has 0 aliphatic heterocycles. The van der Waals surface area contributed by atoms with E-state index in [2.05, 4.69) is 10.1 Å². The highest BCUT2D eigenvalue weighted by Gasteiger charge is 2.32. The van der Waals surface area contributed by atoms with Crippen molar-refractivity contribution in [2.45, 2.75) is 6.36 Å². The molecule has 106 valence electrons. The van der Waals surface area contributed by atoms with Crippen molar-refractivity contribution in [2.75, 3.05) is 5.32 Å². The van der Waals surface area contributed by atoms with Crippen LogP contribution >= 0.6 is 0 Å². The Kier molecular flexibility index (Phi) is 4.72. The van der Waals surface area contributed by atoms with E-state index in [-0.39, 0.29) is 0 Å². The van der Waals surface area contributed by atoms with E-state index in [0.29, 0.717) is 12.1 Å². The Hall–Kier alpha value is -3.25. The molecule has 9 heteroatoms. The van der Waals surface area contributed by atoms with Gasteiger partial charge in [0, 0.05) is 6.07 Å². The SMILES string of the molecule is N#CC(C#N)=C(C#N)Nc1cc(F)ccc1OC(F)(F)F. The zero-order valence-electron chi connectivity index (χ0n) is 9.99. The second kappa shape index (κ2) is 6.27. The van der Waals surface area contributed by atoms with Crippen LogP contribution in [-0.2, 0) is 0 Å². The highest BCUT2D eigenvalue weighted by molar-refractivity contribution is 5.64. The first kappa shape index (κ1) is 15.8. The fourth-order valence-electron chi connectivity index (χ4n) is 1.23. The van der Waals surface area contributed by atoms with Gasteiger partial charge >= 0.3 is 6.36 Å². The van der Waals surface area contributed by atoms with Crippen LogP contribution in [-0.4, -0.2) is 6.36 Å². The van der Waals surface area contributed by atoms with Gasteiger partial charge in [-0.05, 0) is 12.1 Å². The molecular weight excluding hydrogens is 292 g/mol. The van der Waals surface area contributed by atoms with Gasteiger partial charge in [0.05, 0.1) is 5.69 Å². The van der Waals surface area contributed by atoms with Crippen molar-refractivity contribution in [2.24, 2.45) is 0 Å². The van der Waals surface area contributed by atoms with Crippen LogP contribution < -0.4 is 10.1 Å². The van der Waals surface area contributed by atoms with Crippen LogP contribution in [0.25, 0.3) is 0 Å². The quantitative estimate of drug-likeness (QED) is 0.683. The van der Waals surface area contributed by atoms with Gasteiger partial charge in [-0.2, -0.15) is 15.8 Å². The van der Waals surface area contributed by atoms with Crippen LogP contribution in [0, 0.1) is 39.8 Å². The fraction of sp³-hybridized carbons (Fsp3) is 0.0833. The molecule has 0 spiro atoms. The molecule has 0 atom stereocenters. The van der Waals surface area contributed by atoms with Crippen molar-refractivity contribution in [1.82, 2.24) is 0 Å². The summed E-state index contributed by atoms with van der Waals surface area (Å²) in [6, 6.07) is 6.23. The third kappa shape index (κ3) is 4.41. The molecule has 1 aromatic carbocycles. The molecule has 0 aliphatic rings. The molecule has 0 heterocycles. The Morgan fingerprint density at radius 2 is 1.71 bits per heavy atom. The number of hydrogen-bond donors (Lipinski definition) is 1. The van der Waals surface area contributed by atoms with E-state index in [1.165, 1.54) is 18.2 Å². The highest BCUT2D eigenvalue weighted by atomic mass is 19.4. The minimum absolute atomic E-state index is 0.549. The molecule has 5 nitrogen and oxygen atoms in total. The average molecular weight is 296 g/mol. The maximum Gasteiger partial charge on any atom is 0.573 e. The van der Waals surface area contributed by atoms with Crippen LogP contribution in [0.2, 0.25) is 0 Å². The van der Waals surface area contributed by atoms with Crippen LogP contribution in [0.3, 0.4) is 0 Å². The molecule has 0 radical (unpaired) electrons. The summed E-state index contributed by atoms with van der Waals surface area (Å²) in [6.07, 6.45) is -5.03. The molecule has 0 bridgehead atoms. The number of nitrogens with one attached hydrogen (secondary N) is 1. The van der Waals surface area contributed by atoms with Crippen molar-refractivity contribution in [3.05, 3.63) is 35.3 Å². The molecule has 1 rings (SSSR count). The first-order valence-corrected chi connectivity index (χ1v) is 5.07. The lowest BCUT2D eigenvalue weighted by atomic mass is 10.2. The van der Waals surface area contributed by atoms with Crippen molar-refractivity contribution in [3.8, 4) is 24.0 Å². The molecule has 1 aromatic rings. The van der Waals surface area contributed by atoms with Gasteiger partial charge in [-0.1, -0.05) is 0 Å². The minimum Gasteiger partial charge on any atom is -0.404 e. The standard InChI is InChI=1S/C12H4F4N4O/c13-8-1-2-11(21-12(14,15)16)9(3-8)20-10(6-19)7(4-17)5-18/h1-3,20H. The molecule has 0 aliphatic carbocycles. The Morgan fingerprint density at radius 3 is 2.19 bits per heavy atom. The lowest BCUT2D eigenvalue weighted by molar-refractivity contribution is -0.274. The first-order chi connectivity index (χ1) is 9.80. The van der Waals surface area contributed by atoms with E-state index in [4.69, 9.17) is 15.8 Å². The van der Waals surface area contributed by atoms with Crippen molar-refractivity contribution in [3.63, 3.8) is 0 Å². The summed E-state index contributed by atoms with van der Waals surface area (Å²) in [5, 5.41) is 28.1. The minimum atomic E-state index is -5.03. The second-order valence-electron chi connectivity index (χ2n) is 3.40. The number of halogens is 4. The van der Waals surface area contributed by atoms with Gasteiger partial charge in [0.25, 0.3) is 0 Å². The highest BCUT2D eigenvalue weighted by Crippen LogP contribution is 2.31. The molecule has 0 aromatic heterocycles. The summed E-state index contributed by atoms with van der Waals surface area (Å²) in [7, 11) is 0. The van der Waals surface area contributed by atoms with Crippen LogP contribution in [0.1, 0.15) is 0 Å². The summed E-state index contributed by atoms with van der Waals surface area (Å²) < 4.78 is 53.4. The van der Waals surface area contributed by atoms with Gasteiger partial charge < -0.3 is 10.1 Å². The summed E-state index contributed by atoms with van der Waals surface area (Å²) in [5.41, 5.74) is -1.84. The Balaban J connectivity index is 3.28. The second-order valence-corrected chi connectivity index (χ2v) is 3.40. The summed E-state index contributed by atoms with van der Waals surface area (Å²) in [4.78, 5) is 0. The van der Waals surface area contributed by atoms with Gasteiger partial charge in [-0.15, -0.1) is 13.2 Å². The molecule has 0 amide bonds. The van der Waals surface area contributed by atoms with E-state index >= 15 is 0 Å². The number of allylic oxidation sites excluding steroid dienone is 2. The van der Waals surface area contributed by atoms with Crippen LogP contribution in [0.5, 0.6) is 5.75 Å². The normalized spacial score (nSPS) is 9.76. The van der Waals surface area contributed by atoms with Crippen molar-refractivity contribution < 1.29 is 22.3 Å². The summed E-state index contributed by atoms with van der Waals surface area (Å²) >= 11 is 0. The summed E-state index contributed by atoms with van der Waals surface area (Å²) in [5.74, 6) is -1.72. The Labute approximate surface area is 115 Å². The summed E-state index contributed by atoms with van der Waals surface area (Å²) in [6.45, 7) is 0. The monoisotopic (exact) mass is 296 g/mol. The number of benzene rings is 1. The van der Waals surface area contributed by atoms with E-state index in [1.807, 2.05) is 0 Å². The molecule has 0 unspecified atom stereocenters. The van der Waals surface area contributed by atoms with Crippen molar-refractivity contribution >= 4 is 5.69 Å². The molecule has 1 N–H and O–H groups in total. The molecular formula is C12H4F4N4O. The fourth-order valence-corrected chi connectivity index (χ4v) is 1.23. The average Bonchev–Trinajstić information content (AvgIpc) is 2.40. The number of hydrogen-bond acceptors (Lipinski definition) is 5. The van der Waals surface area contributed by atoms with E-state index in [1.54, 1.807) is 0 Å².